The average molecular weight is 254 g/mol. The van der Waals surface area contributed by atoms with Gasteiger partial charge >= 0.3 is 0 Å². The Balaban J connectivity index is 1.69. The monoisotopic (exact) mass is 254 g/mol. The molecular weight excluding hydrogens is 228 g/mol. The van der Waals surface area contributed by atoms with Crippen molar-refractivity contribution in [2.45, 2.75) is 52.4 Å². The molecule has 0 saturated heterocycles. The summed E-state index contributed by atoms with van der Waals surface area (Å²) in [5.41, 5.74) is 5.15. The summed E-state index contributed by atoms with van der Waals surface area (Å²) < 4.78 is 0. The number of aryl methyl sites for hydroxylation is 1. The second kappa shape index (κ2) is 5.53. The number of allylic oxidation sites excluding steroid dienone is 2. The van der Waals surface area contributed by atoms with Crippen molar-refractivity contribution in [1.29, 1.82) is 0 Å². The van der Waals surface area contributed by atoms with Crippen LogP contribution < -0.4 is 0 Å². The molecule has 0 spiro atoms. The van der Waals surface area contributed by atoms with Crippen LogP contribution in [0.2, 0.25) is 0 Å². The molecule has 3 unspecified atom stereocenters. The van der Waals surface area contributed by atoms with Crippen LogP contribution in [0.25, 0.3) is 0 Å². The summed E-state index contributed by atoms with van der Waals surface area (Å²) in [5.74, 6) is 2.74. The Morgan fingerprint density at radius 2 is 1.84 bits per heavy atom. The summed E-state index contributed by atoms with van der Waals surface area (Å²) in [4.78, 5) is 0. The summed E-state index contributed by atoms with van der Waals surface area (Å²) in [5, 5.41) is 0. The van der Waals surface area contributed by atoms with Crippen molar-refractivity contribution < 1.29 is 0 Å². The quantitative estimate of drug-likeness (QED) is 0.618. The topological polar surface area (TPSA) is 0 Å². The van der Waals surface area contributed by atoms with E-state index in [1.165, 1.54) is 44.1 Å². The smallest absolute Gasteiger partial charge is 0.0192 e. The van der Waals surface area contributed by atoms with E-state index in [9.17, 15) is 0 Å². The molecule has 102 valence electrons. The van der Waals surface area contributed by atoms with Gasteiger partial charge in [-0.05, 0) is 68.8 Å². The lowest BCUT2D eigenvalue weighted by molar-refractivity contribution is 0.469. The molecular formula is C19H26. The first-order valence-corrected chi connectivity index (χ1v) is 8.04. The first-order chi connectivity index (χ1) is 9.29. The van der Waals surface area contributed by atoms with Gasteiger partial charge in [-0.2, -0.15) is 0 Å². The summed E-state index contributed by atoms with van der Waals surface area (Å²) in [6, 6.07) is 11.0. The number of fused-ring (bicyclic) bond motifs is 2. The van der Waals surface area contributed by atoms with E-state index < -0.39 is 0 Å². The summed E-state index contributed by atoms with van der Waals surface area (Å²) in [6.45, 7) is 4.80. The zero-order chi connectivity index (χ0) is 13.2. The standard InChI is InChI=1S/C19H26/c1-3-16(10-9-15-7-5-4-6-8-15)19-14(2)17-11-12-18(19)13-17/h4-8,16-18H,3,9-13H2,1-2H3. The molecule has 0 radical (unpaired) electrons. The molecule has 0 heterocycles. The van der Waals surface area contributed by atoms with Gasteiger partial charge in [0.15, 0.2) is 0 Å². The van der Waals surface area contributed by atoms with Gasteiger partial charge in [-0.15, -0.1) is 0 Å². The predicted molar refractivity (Wildman–Crippen MR) is 82.1 cm³/mol. The van der Waals surface area contributed by atoms with E-state index >= 15 is 0 Å². The highest BCUT2D eigenvalue weighted by Gasteiger charge is 2.39. The van der Waals surface area contributed by atoms with Crippen LogP contribution in [0.1, 0.15) is 51.5 Å². The molecule has 3 atom stereocenters. The van der Waals surface area contributed by atoms with Crippen molar-refractivity contribution in [2.75, 3.05) is 0 Å². The highest BCUT2D eigenvalue weighted by molar-refractivity contribution is 5.30. The summed E-state index contributed by atoms with van der Waals surface area (Å²) >= 11 is 0. The molecule has 2 aliphatic rings. The van der Waals surface area contributed by atoms with Gasteiger partial charge in [0.25, 0.3) is 0 Å². The van der Waals surface area contributed by atoms with Gasteiger partial charge in [-0.1, -0.05) is 48.4 Å². The second-order valence-electron chi connectivity index (χ2n) is 6.47. The van der Waals surface area contributed by atoms with Gasteiger partial charge < -0.3 is 0 Å². The van der Waals surface area contributed by atoms with Gasteiger partial charge in [0.1, 0.15) is 0 Å². The van der Waals surface area contributed by atoms with Crippen LogP contribution in [-0.2, 0) is 6.42 Å². The van der Waals surface area contributed by atoms with E-state index in [0.29, 0.717) is 0 Å². The molecule has 0 amide bonds. The molecule has 1 fully saturated rings. The zero-order valence-corrected chi connectivity index (χ0v) is 12.4. The molecule has 1 aromatic rings. The van der Waals surface area contributed by atoms with Crippen molar-refractivity contribution in [1.82, 2.24) is 0 Å². The lowest BCUT2D eigenvalue weighted by Gasteiger charge is -2.25. The van der Waals surface area contributed by atoms with Crippen LogP contribution in [0, 0.1) is 17.8 Å². The minimum atomic E-state index is 0.843. The fourth-order valence-electron chi connectivity index (χ4n) is 4.44. The first-order valence-electron chi connectivity index (χ1n) is 8.04. The molecule has 0 aromatic heterocycles. The second-order valence-corrected chi connectivity index (χ2v) is 6.47. The molecule has 0 nitrogen and oxygen atoms in total. The maximum absolute atomic E-state index is 2.42. The number of hydrogen-bond acceptors (Lipinski definition) is 0. The van der Waals surface area contributed by atoms with E-state index in [4.69, 9.17) is 0 Å². The fourth-order valence-corrected chi connectivity index (χ4v) is 4.44. The van der Waals surface area contributed by atoms with Gasteiger partial charge in [-0.25, -0.2) is 0 Å². The van der Waals surface area contributed by atoms with Gasteiger partial charge in [0, 0.05) is 0 Å². The minimum absolute atomic E-state index is 0.843. The average Bonchev–Trinajstić information content (AvgIpc) is 3.03. The Bertz CT molecular complexity index is 454. The highest BCUT2D eigenvalue weighted by Crippen LogP contribution is 2.51. The number of rotatable bonds is 5. The van der Waals surface area contributed by atoms with Crippen molar-refractivity contribution in [3.63, 3.8) is 0 Å². The van der Waals surface area contributed by atoms with E-state index in [-0.39, 0.29) is 0 Å². The van der Waals surface area contributed by atoms with Crippen LogP contribution in [0.4, 0.5) is 0 Å². The van der Waals surface area contributed by atoms with E-state index in [1.807, 2.05) is 5.57 Å². The SMILES string of the molecule is CCC(CCc1ccccc1)C1=C(C)C2CCC1C2. The Labute approximate surface area is 117 Å². The third-order valence-corrected chi connectivity index (χ3v) is 5.50. The maximum atomic E-state index is 2.42. The molecule has 0 heteroatoms. The molecule has 19 heavy (non-hydrogen) atoms. The third-order valence-electron chi connectivity index (χ3n) is 5.50. The molecule has 2 aliphatic carbocycles. The van der Waals surface area contributed by atoms with Crippen molar-refractivity contribution in [3.8, 4) is 0 Å². The number of hydrogen-bond donors (Lipinski definition) is 0. The molecule has 0 N–H and O–H groups in total. The zero-order valence-electron chi connectivity index (χ0n) is 12.4. The van der Waals surface area contributed by atoms with E-state index in [2.05, 4.69) is 44.2 Å². The van der Waals surface area contributed by atoms with Crippen LogP contribution in [0.3, 0.4) is 0 Å². The van der Waals surface area contributed by atoms with Crippen molar-refractivity contribution in [3.05, 3.63) is 47.0 Å². The van der Waals surface area contributed by atoms with E-state index in [0.717, 1.165) is 17.8 Å². The van der Waals surface area contributed by atoms with Crippen LogP contribution in [-0.4, -0.2) is 0 Å². The molecule has 0 aliphatic heterocycles. The summed E-state index contributed by atoms with van der Waals surface area (Å²) in [6.07, 6.45) is 8.32. The lowest BCUT2D eigenvalue weighted by Crippen LogP contribution is -2.13. The molecule has 3 rings (SSSR count). The molecule has 2 bridgehead atoms. The van der Waals surface area contributed by atoms with Crippen LogP contribution in [0.5, 0.6) is 0 Å². The largest absolute Gasteiger partial charge is 0.0704 e. The predicted octanol–water partition coefficient (Wildman–Crippen LogP) is 5.39. The Hall–Kier alpha value is -1.04. The Morgan fingerprint density at radius 1 is 1.11 bits per heavy atom. The van der Waals surface area contributed by atoms with Gasteiger partial charge in [0.05, 0.1) is 0 Å². The van der Waals surface area contributed by atoms with Gasteiger partial charge in [-0.3, -0.25) is 0 Å². The van der Waals surface area contributed by atoms with Crippen molar-refractivity contribution in [2.24, 2.45) is 17.8 Å². The maximum Gasteiger partial charge on any atom is -0.0192 e. The molecule has 1 saturated carbocycles. The third kappa shape index (κ3) is 2.50. The minimum Gasteiger partial charge on any atom is -0.0704 e. The van der Waals surface area contributed by atoms with Crippen molar-refractivity contribution >= 4 is 0 Å². The van der Waals surface area contributed by atoms with Crippen LogP contribution >= 0.6 is 0 Å². The number of benzene rings is 1. The Kier molecular flexibility index (Phi) is 3.77. The van der Waals surface area contributed by atoms with E-state index in [1.54, 1.807) is 5.57 Å². The highest BCUT2D eigenvalue weighted by atomic mass is 14.4. The van der Waals surface area contributed by atoms with Crippen LogP contribution in [0.15, 0.2) is 41.5 Å². The first kappa shape index (κ1) is 13.0. The normalized spacial score (nSPS) is 27.1. The molecule has 1 aromatic carbocycles. The lowest BCUT2D eigenvalue weighted by atomic mass is 9.80. The summed E-state index contributed by atoms with van der Waals surface area (Å²) in [7, 11) is 0. The van der Waals surface area contributed by atoms with Gasteiger partial charge in [0.2, 0.25) is 0 Å². The fraction of sp³-hybridized carbons (Fsp3) is 0.579. The Morgan fingerprint density at radius 3 is 2.47 bits per heavy atom.